The molecule has 0 atom stereocenters. The molecule has 10 aromatic carbocycles. The van der Waals surface area contributed by atoms with E-state index in [0.717, 1.165) is 122 Å². The number of fused-ring (bicyclic) bond motifs is 6. The van der Waals surface area contributed by atoms with E-state index in [1.807, 2.05) is 33.4 Å². The van der Waals surface area contributed by atoms with Gasteiger partial charge in [-0.3, -0.25) is 0 Å². The molecule has 12 aromatic rings. The first kappa shape index (κ1) is 48.0. The number of hydrogen-bond donors (Lipinski definition) is 0. The number of nitrogens with zero attached hydrogens (tertiary/aromatic N) is 3. The number of benzene rings is 10. The molecule has 0 N–H and O–H groups in total. The molecule has 2 heterocycles. The van der Waals surface area contributed by atoms with Crippen molar-refractivity contribution in [3.05, 3.63) is 238 Å². The third kappa shape index (κ3) is 8.52. The minimum Gasteiger partial charge on any atom is -0.309 e. The van der Waals surface area contributed by atoms with Crippen molar-refractivity contribution in [2.24, 2.45) is 0 Å². The Hall–Kier alpha value is -8.92. The smallest absolute Gasteiger partial charge is 0.309 e. The van der Waals surface area contributed by atoms with Crippen LogP contribution in [0.2, 0.25) is 0 Å². The minimum atomic E-state index is -4.83. The van der Waals surface area contributed by atoms with Crippen molar-refractivity contribution in [2.75, 3.05) is 0 Å². The van der Waals surface area contributed by atoms with Crippen LogP contribution < -0.4 is 0 Å². The summed E-state index contributed by atoms with van der Waals surface area (Å²) in [4.78, 5) is 0. The lowest BCUT2D eigenvalue weighted by atomic mass is 9.96. The molecule has 0 aliphatic carbocycles. The number of alkyl halides is 3. The van der Waals surface area contributed by atoms with Gasteiger partial charge in [-0.25, -0.2) is 0 Å². The standard InChI is InChI=1S/C70H54F3N3/c1-40-20-41(2)25-54(24-40)49-12-16-58-59-17-13-50(55-26-42(3)21-43(4)27-55)34-65(59)75(64(58)33-49)68-38-63(70(71,72)73)69(37-62(68)53-11-9-10-48(32-53)39-74)76-66-35-51(56-28-44(5)22-45(6)29-56)14-18-60(66)61-19-15-52(36-67(61)76)57-30-46(7)23-47(8)31-57/h9-38H,1-8H3. The largest absolute Gasteiger partial charge is 0.418 e. The van der Waals surface area contributed by atoms with Crippen LogP contribution in [0.5, 0.6) is 0 Å². The van der Waals surface area contributed by atoms with Crippen molar-refractivity contribution in [1.29, 1.82) is 5.26 Å². The number of nitriles is 1. The van der Waals surface area contributed by atoms with E-state index in [2.05, 4.69) is 195 Å². The molecule has 3 nitrogen and oxygen atoms in total. The highest BCUT2D eigenvalue weighted by molar-refractivity contribution is 6.13. The molecular weight excluding hydrogens is 940 g/mol. The highest BCUT2D eigenvalue weighted by Gasteiger charge is 2.37. The summed E-state index contributed by atoms with van der Waals surface area (Å²) in [6, 6.07) is 63.2. The fourth-order valence-electron chi connectivity index (χ4n) is 12.0. The van der Waals surface area contributed by atoms with Crippen LogP contribution in [0, 0.1) is 66.7 Å². The maximum Gasteiger partial charge on any atom is 0.418 e. The van der Waals surface area contributed by atoms with Crippen molar-refractivity contribution in [3.63, 3.8) is 0 Å². The second kappa shape index (κ2) is 18.2. The molecule has 0 amide bonds. The summed E-state index contributed by atoms with van der Waals surface area (Å²) >= 11 is 0. The van der Waals surface area contributed by atoms with Gasteiger partial charge < -0.3 is 9.13 Å². The van der Waals surface area contributed by atoms with Gasteiger partial charge >= 0.3 is 6.18 Å². The molecule has 0 unspecified atom stereocenters. The zero-order valence-corrected chi connectivity index (χ0v) is 43.8. The minimum absolute atomic E-state index is 0.0172. The Labute approximate surface area is 441 Å². The Kier molecular flexibility index (Phi) is 11.5. The molecule has 76 heavy (non-hydrogen) atoms. The molecule has 6 heteroatoms. The predicted molar refractivity (Wildman–Crippen MR) is 310 cm³/mol. The Balaban J connectivity index is 1.23. The van der Waals surface area contributed by atoms with E-state index in [-0.39, 0.29) is 5.69 Å². The molecule has 0 spiro atoms. The van der Waals surface area contributed by atoms with Crippen LogP contribution in [-0.4, -0.2) is 9.13 Å². The zero-order chi connectivity index (χ0) is 52.9. The molecule has 0 radical (unpaired) electrons. The van der Waals surface area contributed by atoms with Gasteiger partial charge in [0.25, 0.3) is 0 Å². The summed E-state index contributed by atoms with van der Waals surface area (Å²) in [5, 5.41) is 13.9. The number of rotatable bonds is 7. The Bertz CT molecular complexity index is 4140. The van der Waals surface area contributed by atoms with Crippen LogP contribution in [0.25, 0.3) is 111 Å². The quantitative estimate of drug-likeness (QED) is 0.157. The van der Waals surface area contributed by atoms with Gasteiger partial charge in [0.15, 0.2) is 0 Å². The number of hydrogen-bond acceptors (Lipinski definition) is 1. The fraction of sp³-hybridized carbons (Fsp3) is 0.129. The maximum absolute atomic E-state index is 16.9. The van der Waals surface area contributed by atoms with Crippen LogP contribution in [0.4, 0.5) is 13.2 Å². The SMILES string of the molecule is Cc1cc(C)cc(-c2ccc3c4ccc(-c5cc(C)cc(C)c5)cc4n(-c4cc(C(F)(F)F)c(-n5c6cc(-c7cc(C)cc(C)c7)ccc6c6ccc(-c7cc(C)cc(C)c7)cc65)cc4-c4cccc(C#N)c4)c3c2)c1. The van der Waals surface area contributed by atoms with Crippen molar-refractivity contribution in [3.8, 4) is 73.1 Å². The van der Waals surface area contributed by atoms with Gasteiger partial charge in [-0.05, 0) is 154 Å². The summed E-state index contributed by atoms with van der Waals surface area (Å²) < 4.78 is 54.5. The molecule has 0 bridgehead atoms. The zero-order valence-electron chi connectivity index (χ0n) is 43.8. The molecule has 0 saturated heterocycles. The van der Waals surface area contributed by atoms with E-state index >= 15 is 13.2 Å². The second-order valence-corrected chi connectivity index (χ2v) is 21.2. The second-order valence-electron chi connectivity index (χ2n) is 21.2. The third-order valence-electron chi connectivity index (χ3n) is 15.0. The van der Waals surface area contributed by atoms with E-state index < -0.39 is 11.7 Å². The summed E-state index contributed by atoms with van der Waals surface area (Å²) in [6.45, 7) is 16.6. The monoisotopic (exact) mass is 993 g/mol. The lowest BCUT2D eigenvalue weighted by Gasteiger charge is -2.22. The van der Waals surface area contributed by atoms with Crippen LogP contribution in [0.1, 0.15) is 55.6 Å². The van der Waals surface area contributed by atoms with Gasteiger partial charge in [0, 0.05) is 27.1 Å². The highest BCUT2D eigenvalue weighted by Crippen LogP contribution is 2.47. The van der Waals surface area contributed by atoms with Crippen molar-refractivity contribution in [1.82, 2.24) is 9.13 Å². The Morgan fingerprint density at radius 2 is 0.658 bits per heavy atom. The fourth-order valence-corrected chi connectivity index (χ4v) is 12.0. The summed E-state index contributed by atoms with van der Waals surface area (Å²) in [6.07, 6.45) is -4.83. The number of halogens is 3. The molecular formula is C70H54F3N3. The van der Waals surface area contributed by atoms with Gasteiger partial charge in [0.1, 0.15) is 0 Å². The first-order valence-corrected chi connectivity index (χ1v) is 25.7. The van der Waals surface area contributed by atoms with E-state index in [0.29, 0.717) is 33.4 Å². The summed E-state index contributed by atoms with van der Waals surface area (Å²) in [5.74, 6) is 0. The van der Waals surface area contributed by atoms with Crippen LogP contribution in [0.15, 0.2) is 182 Å². The number of aromatic nitrogens is 2. The molecule has 0 aliphatic heterocycles. The van der Waals surface area contributed by atoms with Crippen molar-refractivity contribution in [2.45, 2.75) is 61.6 Å². The van der Waals surface area contributed by atoms with Crippen LogP contribution >= 0.6 is 0 Å². The predicted octanol–water partition coefficient (Wildman–Crippen LogP) is 19.6. The Morgan fingerprint density at radius 3 is 0.974 bits per heavy atom. The van der Waals surface area contributed by atoms with Crippen molar-refractivity contribution >= 4 is 43.6 Å². The lowest BCUT2D eigenvalue weighted by molar-refractivity contribution is -0.137. The van der Waals surface area contributed by atoms with Crippen molar-refractivity contribution < 1.29 is 13.2 Å². The van der Waals surface area contributed by atoms with Crippen LogP contribution in [0.3, 0.4) is 0 Å². The lowest BCUT2D eigenvalue weighted by Crippen LogP contribution is -2.13. The maximum atomic E-state index is 16.9. The van der Waals surface area contributed by atoms with E-state index in [9.17, 15) is 5.26 Å². The number of aryl methyl sites for hydroxylation is 8. The summed E-state index contributed by atoms with van der Waals surface area (Å²) in [7, 11) is 0. The topological polar surface area (TPSA) is 33.6 Å². The molecule has 370 valence electrons. The third-order valence-corrected chi connectivity index (χ3v) is 15.0. The molecule has 12 rings (SSSR count). The van der Waals surface area contributed by atoms with Crippen LogP contribution in [-0.2, 0) is 6.18 Å². The Morgan fingerprint density at radius 1 is 0.329 bits per heavy atom. The first-order chi connectivity index (χ1) is 36.5. The average molecular weight is 994 g/mol. The molecule has 0 aliphatic rings. The normalized spacial score (nSPS) is 11.9. The van der Waals surface area contributed by atoms with Gasteiger partial charge in [-0.1, -0.05) is 178 Å². The molecule has 0 saturated carbocycles. The van der Waals surface area contributed by atoms with Gasteiger partial charge in [-0.15, -0.1) is 0 Å². The molecule has 0 fully saturated rings. The van der Waals surface area contributed by atoms with Gasteiger partial charge in [-0.2, -0.15) is 18.4 Å². The van der Waals surface area contributed by atoms with Gasteiger partial charge in [0.05, 0.1) is 50.6 Å². The molecule has 2 aromatic heterocycles. The van der Waals surface area contributed by atoms with E-state index in [1.165, 1.54) is 6.07 Å². The van der Waals surface area contributed by atoms with Gasteiger partial charge in [0.2, 0.25) is 0 Å². The van der Waals surface area contributed by atoms with E-state index in [1.54, 1.807) is 18.2 Å². The van der Waals surface area contributed by atoms with E-state index in [4.69, 9.17) is 0 Å². The highest BCUT2D eigenvalue weighted by atomic mass is 19.4. The summed E-state index contributed by atoms with van der Waals surface area (Å²) in [5.41, 5.74) is 20.5. The first-order valence-electron chi connectivity index (χ1n) is 25.7. The average Bonchev–Trinajstić information content (AvgIpc) is 3.89.